The number of aromatic nitrogens is 4. The summed E-state index contributed by atoms with van der Waals surface area (Å²) in [5.74, 6) is -0.966. The normalized spacial score (nSPS) is 19.3. The van der Waals surface area contributed by atoms with Crippen molar-refractivity contribution >= 4 is 28.6 Å². The van der Waals surface area contributed by atoms with Crippen LogP contribution in [0.3, 0.4) is 0 Å². The summed E-state index contributed by atoms with van der Waals surface area (Å²) in [6.07, 6.45) is -3.26. The van der Waals surface area contributed by atoms with Crippen LogP contribution in [0.15, 0.2) is 54.7 Å². The minimum atomic E-state index is -4.72. The van der Waals surface area contributed by atoms with Gasteiger partial charge in [0.05, 0.1) is 11.7 Å². The van der Waals surface area contributed by atoms with Gasteiger partial charge in [-0.1, -0.05) is 36.4 Å². The van der Waals surface area contributed by atoms with Crippen molar-refractivity contribution in [2.24, 2.45) is 12.5 Å². The Morgan fingerprint density at radius 1 is 1.12 bits per heavy atom. The SMILES string of the molecule is Cn1ncc2ccc(-c3ccc([C@@H](Oc4cc(N5CCC6(CC5)CNC(C(=O)O)C6)nc(N)n4)C(F)(F)F)cc3)cc21. The van der Waals surface area contributed by atoms with Crippen molar-refractivity contribution in [1.29, 1.82) is 0 Å². The number of ether oxygens (including phenoxy) is 1. The van der Waals surface area contributed by atoms with E-state index in [-0.39, 0.29) is 22.8 Å². The van der Waals surface area contributed by atoms with E-state index in [2.05, 4.69) is 20.4 Å². The van der Waals surface area contributed by atoms with Crippen molar-refractivity contribution in [3.8, 4) is 17.0 Å². The zero-order valence-corrected chi connectivity index (χ0v) is 22.8. The molecule has 2 aromatic heterocycles. The van der Waals surface area contributed by atoms with E-state index in [4.69, 9.17) is 10.5 Å². The summed E-state index contributed by atoms with van der Waals surface area (Å²) in [6, 6.07) is 12.6. The Morgan fingerprint density at radius 2 is 1.83 bits per heavy atom. The van der Waals surface area contributed by atoms with Crippen LogP contribution < -0.4 is 20.7 Å². The van der Waals surface area contributed by atoms with Gasteiger partial charge in [-0.3, -0.25) is 9.48 Å². The number of anilines is 2. The van der Waals surface area contributed by atoms with Crippen molar-refractivity contribution in [3.05, 3.63) is 60.3 Å². The van der Waals surface area contributed by atoms with E-state index in [0.717, 1.165) is 34.9 Å². The summed E-state index contributed by atoms with van der Waals surface area (Å²) in [6.45, 7) is 1.72. The highest BCUT2D eigenvalue weighted by molar-refractivity contribution is 5.84. The first-order chi connectivity index (χ1) is 20.0. The van der Waals surface area contributed by atoms with E-state index in [1.54, 1.807) is 23.0 Å². The Balaban J connectivity index is 1.19. The van der Waals surface area contributed by atoms with Crippen molar-refractivity contribution < 1.29 is 27.8 Å². The fourth-order valence-corrected chi connectivity index (χ4v) is 5.95. The highest BCUT2D eigenvalue weighted by Gasteiger charge is 2.45. The standard InChI is InChI=1S/C29H30F3N7O3/c1-38-22-12-19(6-7-20(22)15-35-38)17-2-4-18(5-3-17)25(29(30,31)32)42-24-13-23(36-27(33)37-24)39-10-8-28(9-11-39)14-21(26(40)41)34-16-28/h2-7,12-13,15,21,25,34H,8-11,14,16H2,1H3,(H,40,41)(H2,33,36,37)/t21?,25-/m1/s1. The van der Waals surface area contributed by atoms with E-state index in [9.17, 15) is 23.1 Å². The van der Waals surface area contributed by atoms with Gasteiger partial charge in [-0.05, 0) is 41.9 Å². The number of aryl methyl sites for hydroxylation is 1. The van der Waals surface area contributed by atoms with Crippen molar-refractivity contribution in [2.45, 2.75) is 37.6 Å². The second-order valence-electron chi connectivity index (χ2n) is 11.1. The summed E-state index contributed by atoms with van der Waals surface area (Å²) >= 11 is 0. The molecule has 2 aromatic carbocycles. The molecule has 10 nitrogen and oxygen atoms in total. The number of nitrogens with one attached hydrogen (secondary N) is 1. The van der Waals surface area contributed by atoms with Crippen molar-refractivity contribution in [1.82, 2.24) is 25.1 Å². The second kappa shape index (κ2) is 10.5. The largest absolute Gasteiger partial charge is 0.480 e. The van der Waals surface area contributed by atoms with Gasteiger partial charge in [0, 0.05) is 43.7 Å². The molecule has 4 heterocycles. The maximum absolute atomic E-state index is 14.2. The molecule has 1 spiro atoms. The Morgan fingerprint density at radius 3 is 2.50 bits per heavy atom. The van der Waals surface area contributed by atoms with Gasteiger partial charge in [-0.15, -0.1) is 0 Å². The molecule has 0 amide bonds. The molecule has 4 N–H and O–H groups in total. The van der Waals surface area contributed by atoms with Crippen LogP contribution in [0.1, 0.15) is 30.9 Å². The Labute approximate surface area is 239 Å². The van der Waals surface area contributed by atoms with Crippen LogP contribution in [0.2, 0.25) is 0 Å². The molecule has 0 saturated carbocycles. The average Bonchev–Trinajstić information content (AvgIpc) is 3.55. The Bertz CT molecular complexity index is 1620. The van der Waals surface area contributed by atoms with Crippen LogP contribution in [-0.2, 0) is 11.8 Å². The number of nitrogen functional groups attached to an aromatic ring is 1. The molecular weight excluding hydrogens is 551 g/mol. The van der Waals surface area contributed by atoms with E-state index < -0.39 is 24.3 Å². The van der Waals surface area contributed by atoms with Crippen LogP contribution in [-0.4, -0.2) is 62.7 Å². The molecule has 4 aromatic rings. The number of carboxylic acid groups (broad SMARTS) is 1. The van der Waals surface area contributed by atoms with Gasteiger partial charge in [0.25, 0.3) is 0 Å². The van der Waals surface area contributed by atoms with Gasteiger partial charge in [0.1, 0.15) is 11.9 Å². The fourth-order valence-electron chi connectivity index (χ4n) is 5.95. The lowest BCUT2D eigenvalue weighted by atomic mass is 9.76. The molecule has 0 bridgehead atoms. The number of fused-ring (bicyclic) bond motifs is 1. The zero-order chi connectivity index (χ0) is 29.6. The highest BCUT2D eigenvalue weighted by Crippen LogP contribution is 2.41. The molecule has 13 heteroatoms. The first-order valence-corrected chi connectivity index (χ1v) is 13.6. The summed E-state index contributed by atoms with van der Waals surface area (Å²) in [5.41, 5.74) is 8.21. The molecule has 0 radical (unpaired) electrons. The van der Waals surface area contributed by atoms with Gasteiger partial charge < -0.3 is 25.8 Å². The number of nitrogens with two attached hydrogens (primary N) is 1. The predicted octanol–water partition coefficient (Wildman–Crippen LogP) is 4.33. The van der Waals surface area contributed by atoms with Gasteiger partial charge in [-0.2, -0.15) is 28.2 Å². The average molecular weight is 582 g/mol. The number of nitrogens with zero attached hydrogens (tertiary/aromatic N) is 5. The minimum Gasteiger partial charge on any atom is -0.480 e. The topological polar surface area (TPSA) is 131 Å². The minimum absolute atomic E-state index is 0.0757. The van der Waals surface area contributed by atoms with Crippen molar-refractivity contribution in [2.75, 3.05) is 30.3 Å². The third-order valence-electron chi connectivity index (χ3n) is 8.34. The Kier molecular flexibility index (Phi) is 6.92. The first kappa shape index (κ1) is 27.8. The van der Waals surface area contributed by atoms with Crippen LogP contribution in [0.25, 0.3) is 22.0 Å². The summed E-state index contributed by atoms with van der Waals surface area (Å²) in [7, 11) is 1.83. The molecule has 42 heavy (non-hydrogen) atoms. The number of halogens is 3. The number of benzene rings is 2. The zero-order valence-electron chi connectivity index (χ0n) is 22.8. The molecule has 2 aliphatic rings. The summed E-state index contributed by atoms with van der Waals surface area (Å²) in [5, 5.41) is 17.6. The molecule has 2 saturated heterocycles. The fraction of sp³-hybridized carbons (Fsp3) is 0.379. The number of hydrogen-bond acceptors (Lipinski definition) is 8. The van der Waals surface area contributed by atoms with Gasteiger partial charge in [0.2, 0.25) is 17.9 Å². The highest BCUT2D eigenvalue weighted by atomic mass is 19.4. The third kappa shape index (κ3) is 5.43. The first-order valence-electron chi connectivity index (χ1n) is 13.6. The lowest BCUT2D eigenvalue weighted by Crippen LogP contribution is -2.41. The number of aliphatic carboxylic acids is 1. The number of hydrogen-bond donors (Lipinski definition) is 3. The van der Waals surface area contributed by atoms with Crippen LogP contribution in [0.5, 0.6) is 5.88 Å². The smallest absolute Gasteiger partial charge is 0.429 e. The number of carbonyl (C=O) groups is 1. The third-order valence-corrected chi connectivity index (χ3v) is 8.34. The van der Waals surface area contributed by atoms with Gasteiger partial charge in [0.15, 0.2) is 0 Å². The quantitative estimate of drug-likeness (QED) is 0.305. The molecule has 1 unspecified atom stereocenters. The van der Waals surface area contributed by atoms with Crippen LogP contribution in [0, 0.1) is 5.41 Å². The maximum Gasteiger partial charge on any atom is 0.429 e. The lowest BCUT2D eigenvalue weighted by Gasteiger charge is -2.39. The lowest BCUT2D eigenvalue weighted by molar-refractivity contribution is -0.198. The number of piperidine rings is 1. The Hall–Kier alpha value is -4.39. The predicted molar refractivity (Wildman–Crippen MR) is 150 cm³/mol. The van der Waals surface area contributed by atoms with E-state index in [0.29, 0.717) is 31.9 Å². The van der Waals surface area contributed by atoms with Crippen LogP contribution in [0.4, 0.5) is 24.9 Å². The number of rotatable bonds is 6. The van der Waals surface area contributed by atoms with E-state index in [1.807, 2.05) is 30.1 Å². The molecular formula is C29H30F3N7O3. The van der Waals surface area contributed by atoms with Crippen LogP contribution >= 0.6 is 0 Å². The number of carboxylic acids is 1. The second-order valence-corrected chi connectivity index (χ2v) is 11.1. The van der Waals surface area contributed by atoms with E-state index >= 15 is 0 Å². The van der Waals surface area contributed by atoms with Crippen molar-refractivity contribution in [3.63, 3.8) is 0 Å². The molecule has 2 atom stereocenters. The number of alkyl halides is 3. The molecule has 2 aliphatic heterocycles. The monoisotopic (exact) mass is 581 g/mol. The molecule has 2 fully saturated rings. The van der Waals surface area contributed by atoms with Gasteiger partial charge in [-0.25, -0.2) is 0 Å². The van der Waals surface area contributed by atoms with E-state index in [1.165, 1.54) is 18.2 Å². The van der Waals surface area contributed by atoms with Gasteiger partial charge >= 0.3 is 12.1 Å². The maximum atomic E-state index is 14.2. The summed E-state index contributed by atoms with van der Waals surface area (Å²) < 4.78 is 49.9. The molecule has 0 aliphatic carbocycles. The summed E-state index contributed by atoms with van der Waals surface area (Å²) in [4.78, 5) is 21.5. The molecule has 220 valence electrons. The molecule has 6 rings (SSSR count).